The molecule has 0 saturated heterocycles. The summed E-state index contributed by atoms with van der Waals surface area (Å²) in [5.74, 6) is -0.0941. The number of fused-ring (bicyclic) bond motifs is 1. The van der Waals surface area contributed by atoms with E-state index >= 15 is 0 Å². The third-order valence-electron chi connectivity index (χ3n) is 5.84. The normalized spacial score (nSPS) is 17.5. The number of aromatic amines is 1. The Morgan fingerprint density at radius 2 is 1.81 bits per heavy atom. The van der Waals surface area contributed by atoms with Crippen molar-refractivity contribution in [2.75, 3.05) is 5.32 Å². The lowest BCUT2D eigenvalue weighted by Gasteiger charge is -2.32. The van der Waals surface area contributed by atoms with E-state index in [1.165, 1.54) is 0 Å². The number of H-pyrrole nitrogens is 1. The molecule has 3 N–H and O–H groups in total. The van der Waals surface area contributed by atoms with E-state index in [-0.39, 0.29) is 11.8 Å². The van der Waals surface area contributed by atoms with Gasteiger partial charge in [0.2, 0.25) is 5.91 Å². The van der Waals surface area contributed by atoms with E-state index in [1.54, 1.807) is 12.5 Å². The summed E-state index contributed by atoms with van der Waals surface area (Å²) in [6.45, 7) is 0. The lowest BCUT2D eigenvalue weighted by atomic mass is 9.79. The molecule has 0 saturated carbocycles. The number of amides is 1. The van der Waals surface area contributed by atoms with Crippen LogP contribution in [-0.4, -0.2) is 21.0 Å². The Bertz CT molecular complexity index is 1240. The second kappa shape index (κ2) is 7.80. The van der Waals surface area contributed by atoms with Gasteiger partial charge in [0.15, 0.2) is 5.60 Å². The lowest BCUT2D eigenvalue weighted by Crippen LogP contribution is -2.31. The van der Waals surface area contributed by atoms with Crippen LogP contribution >= 0.6 is 15.9 Å². The van der Waals surface area contributed by atoms with Gasteiger partial charge in [-0.3, -0.25) is 4.79 Å². The van der Waals surface area contributed by atoms with Gasteiger partial charge >= 0.3 is 0 Å². The summed E-state index contributed by atoms with van der Waals surface area (Å²) < 4.78 is 0.871. The topological polar surface area (TPSA) is 78.0 Å². The number of halogens is 1. The van der Waals surface area contributed by atoms with Crippen LogP contribution < -0.4 is 5.32 Å². The zero-order valence-electron chi connectivity index (χ0n) is 16.5. The fourth-order valence-corrected chi connectivity index (χ4v) is 4.71. The van der Waals surface area contributed by atoms with E-state index in [4.69, 9.17) is 0 Å². The van der Waals surface area contributed by atoms with E-state index < -0.39 is 5.60 Å². The first-order chi connectivity index (χ1) is 15.1. The minimum Gasteiger partial charge on any atom is -0.374 e. The van der Waals surface area contributed by atoms with Gasteiger partial charge in [0.25, 0.3) is 0 Å². The van der Waals surface area contributed by atoms with Gasteiger partial charge in [0.05, 0.1) is 18.2 Å². The highest BCUT2D eigenvalue weighted by Gasteiger charge is 2.37. The van der Waals surface area contributed by atoms with Crippen LogP contribution in [0.25, 0.3) is 0 Å². The number of benzene rings is 3. The number of carbonyl (C=O) groups excluding carboxylic acids is 1. The molecule has 5 nitrogen and oxygen atoms in total. The summed E-state index contributed by atoms with van der Waals surface area (Å²) >= 11 is 3.51. The van der Waals surface area contributed by atoms with Gasteiger partial charge in [-0.1, -0.05) is 64.5 Å². The van der Waals surface area contributed by atoms with Gasteiger partial charge in [-0.05, 0) is 46.5 Å². The van der Waals surface area contributed by atoms with E-state index in [0.29, 0.717) is 23.2 Å². The molecule has 0 aliphatic carbocycles. The lowest BCUT2D eigenvalue weighted by molar-refractivity contribution is -0.116. The molecule has 1 aromatic heterocycles. The molecule has 31 heavy (non-hydrogen) atoms. The molecule has 2 unspecified atom stereocenters. The van der Waals surface area contributed by atoms with Crippen molar-refractivity contribution in [3.63, 3.8) is 0 Å². The molecule has 0 spiro atoms. The number of nitrogens with zero attached hydrogens (tertiary/aromatic N) is 1. The first-order valence-electron chi connectivity index (χ1n) is 10.0. The molecular weight excluding hydrogens is 454 g/mol. The van der Waals surface area contributed by atoms with Crippen molar-refractivity contribution in [1.82, 2.24) is 9.97 Å². The van der Waals surface area contributed by atoms with Crippen molar-refractivity contribution in [3.05, 3.63) is 118 Å². The highest BCUT2D eigenvalue weighted by atomic mass is 79.9. The molecule has 1 aliphatic rings. The fraction of sp³-hybridized carbons (Fsp3) is 0.120. The number of aromatic nitrogens is 2. The number of imidazole rings is 1. The SMILES string of the molecule is O=C1CC(c2ccccc2)c2cc(C(O)(c3cccc(Br)c3)c3cnc[nH]3)ccc2N1. The first-order valence-corrected chi connectivity index (χ1v) is 10.8. The summed E-state index contributed by atoms with van der Waals surface area (Å²) in [6, 6.07) is 23.3. The molecule has 6 heteroatoms. The maximum Gasteiger partial charge on any atom is 0.225 e. The van der Waals surface area contributed by atoms with Crippen molar-refractivity contribution in [1.29, 1.82) is 0 Å². The van der Waals surface area contributed by atoms with Crippen molar-refractivity contribution in [2.24, 2.45) is 0 Å². The highest BCUT2D eigenvalue weighted by molar-refractivity contribution is 9.10. The number of hydrogen-bond acceptors (Lipinski definition) is 3. The fourth-order valence-electron chi connectivity index (χ4n) is 4.31. The number of anilines is 1. The van der Waals surface area contributed by atoms with Crippen molar-refractivity contribution < 1.29 is 9.90 Å². The predicted octanol–water partition coefficient (Wildman–Crippen LogP) is 4.93. The molecule has 1 amide bonds. The largest absolute Gasteiger partial charge is 0.374 e. The third-order valence-corrected chi connectivity index (χ3v) is 6.33. The smallest absolute Gasteiger partial charge is 0.225 e. The second-order valence-electron chi connectivity index (χ2n) is 7.70. The zero-order chi connectivity index (χ0) is 21.4. The van der Waals surface area contributed by atoms with Crippen LogP contribution in [-0.2, 0) is 10.4 Å². The maximum absolute atomic E-state index is 12.4. The van der Waals surface area contributed by atoms with Crippen molar-refractivity contribution in [2.45, 2.75) is 17.9 Å². The molecule has 2 atom stereocenters. The molecule has 4 aromatic rings. The third kappa shape index (κ3) is 3.48. The number of nitrogens with one attached hydrogen (secondary N) is 2. The van der Waals surface area contributed by atoms with Crippen LogP contribution in [0.4, 0.5) is 5.69 Å². The van der Waals surface area contributed by atoms with Crippen LogP contribution in [0.2, 0.25) is 0 Å². The van der Waals surface area contributed by atoms with Crippen LogP contribution in [0, 0.1) is 0 Å². The van der Waals surface area contributed by atoms with Crippen LogP contribution in [0.1, 0.15) is 40.3 Å². The molecule has 3 aromatic carbocycles. The molecular formula is C25H20BrN3O2. The van der Waals surface area contributed by atoms with Crippen molar-refractivity contribution in [3.8, 4) is 0 Å². The summed E-state index contributed by atoms with van der Waals surface area (Å²) in [5.41, 5.74) is 3.38. The predicted molar refractivity (Wildman–Crippen MR) is 123 cm³/mol. The van der Waals surface area contributed by atoms with Gasteiger partial charge in [-0.25, -0.2) is 4.98 Å². The molecule has 0 bridgehead atoms. The summed E-state index contributed by atoms with van der Waals surface area (Å²) in [7, 11) is 0. The summed E-state index contributed by atoms with van der Waals surface area (Å²) in [4.78, 5) is 19.6. The Labute approximate surface area is 188 Å². The van der Waals surface area contributed by atoms with Gasteiger partial charge in [-0.2, -0.15) is 0 Å². The molecule has 0 fully saturated rings. The number of hydrogen-bond donors (Lipinski definition) is 3. The molecule has 0 radical (unpaired) electrons. The van der Waals surface area contributed by atoms with Gasteiger partial charge in [-0.15, -0.1) is 0 Å². The average molecular weight is 474 g/mol. The van der Waals surface area contributed by atoms with Crippen LogP contribution in [0.15, 0.2) is 89.8 Å². The Balaban J connectivity index is 1.70. The minimum atomic E-state index is -1.43. The molecule has 5 rings (SSSR count). The average Bonchev–Trinajstić information content (AvgIpc) is 3.34. The van der Waals surface area contributed by atoms with Gasteiger partial charge < -0.3 is 15.4 Å². The Morgan fingerprint density at radius 3 is 2.55 bits per heavy atom. The highest BCUT2D eigenvalue weighted by Crippen LogP contribution is 2.42. The van der Waals surface area contributed by atoms with E-state index in [0.717, 1.165) is 21.3 Å². The zero-order valence-corrected chi connectivity index (χ0v) is 18.1. The quantitative estimate of drug-likeness (QED) is 0.393. The summed E-state index contributed by atoms with van der Waals surface area (Å²) in [5, 5.41) is 15.0. The molecule has 1 aliphatic heterocycles. The van der Waals surface area contributed by atoms with Crippen molar-refractivity contribution >= 4 is 27.5 Å². The van der Waals surface area contributed by atoms with E-state index in [9.17, 15) is 9.90 Å². The van der Waals surface area contributed by atoms with E-state index in [1.807, 2.05) is 72.8 Å². The summed E-state index contributed by atoms with van der Waals surface area (Å²) in [6.07, 6.45) is 3.56. The molecule has 2 heterocycles. The van der Waals surface area contributed by atoms with Crippen LogP contribution in [0.3, 0.4) is 0 Å². The van der Waals surface area contributed by atoms with E-state index in [2.05, 4.69) is 31.2 Å². The standard InChI is InChI=1S/C25H20BrN3O2/c26-19-8-4-7-17(11-19)25(31,23-14-27-15-28-23)18-9-10-22-21(12-18)20(13-24(30)29-22)16-5-2-1-3-6-16/h1-12,14-15,20,31H,13H2,(H,27,28)(H,29,30). The van der Waals surface area contributed by atoms with Crippen LogP contribution in [0.5, 0.6) is 0 Å². The monoisotopic (exact) mass is 473 g/mol. The first kappa shape index (κ1) is 19.7. The number of rotatable bonds is 4. The number of carbonyl (C=O) groups is 1. The molecule has 154 valence electrons. The Hall–Kier alpha value is -3.22. The van der Waals surface area contributed by atoms with Gasteiger partial charge in [0, 0.05) is 22.5 Å². The minimum absolute atomic E-state index is 0.00933. The Kier molecular flexibility index (Phi) is 4.96. The number of aliphatic hydroxyl groups is 1. The van der Waals surface area contributed by atoms with Gasteiger partial charge in [0.1, 0.15) is 0 Å². The maximum atomic E-state index is 12.4. The second-order valence-corrected chi connectivity index (χ2v) is 8.62. The Morgan fingerprint density at radius 1 is 1.00 bits per heavy atom.